The Balaban J connectivity index is 1.39. The van der Waals surface area contributed by atoms with Crippen LogP contribution in [0.15, 0.2) is 18.2 Å². The van der Waals surface area contributed by atoms with Gasteiger partial charge in [-0.15, -0.1) is 0 Å². The van der Waals surface area contributed by atoms with Gasteiger partial charge in [-0.25, -0.2) is 19.2 Å². The van der Waals surface area contributed by atoms with Crippen LogP contribution in [0.25, 0.3) is 0 Å². The lowest BCUT2D eigenvalue weighted by molar-refractivity contribution is -0.132. The van der Waals surface area contributed by atoms with Gasteiger partial charge < -0.3 is 15.0 Å². The maximum atomic E-state index is 15.0. The molecular formula is C20H26F3N5O3. The number of amides is 2. The van der Waals surface area contributed by atoms with Gasteiger partial charge in [0.05, 0.1) is 24.5 Å². The number of hydrazine groups is 1. The highest BCUT2D eigenvalue weighted by atomic mass is 19.3. The van der Waals surface area contributed by atoms with Crippen molar-refractivity contribution in [1.29, 1.82) is 0 Å². The van der Waals surface area contributed by atoms with Crippen LogP contribution in [0.5, 0.6) is 0 Å². The first-order valence-corrected chi connectivity index (χ1v) is 10.5. The SMILES string of the molecule is O=C(NCC1CN(c2ccc(N3CCN4CCCCN4CC3)c(F)c2)C(=O)O1)C(F)F. The number of nitrogens with zero attached hydrogens (tertiary/aromatic N) is 4. The van der Waals surface area contributed by atoms with Crippen molar-refractivity contribution in [1.82, 2.24) is 15.3 Å². The number of anilines is 2. The molecule has 0 saturated carbocycles. The van der Waals surface area contributed by atoms with Crippen molar-refractivity contribution < 1.29 is 27.5 Å². The first kappa shape index (κ1) is 21.7. The van der Waals surface area contributed by atoms with Gasteiger partial charge in [-0.2, -0.15) is 8.78 Å². The first-order valence-electron chi connectivity index (χ1n) is 10.5. The highest BCUT2D eigenvalue weighted by molar-refractivity contribution is 5.90. The molecule has 11 heteroatoms. The van der Waals surface area contributed by atoms with E-state index in [1.165, 1.54) is 23.8 Å². The fraction of sp³-hybridized carbons (Fsp3) is 0.600. The lowest BCUT2D eigenvalue weighted by Crippen LogP contribution is -2.47. The number of cyclic esters (lactones) is 1. The van der Waals surface area contributed by atoms with Crippen LogP contribution >= 0.6 is 0 Å². The highest BCUT2D eigenvalue weighted by Gasteiger charge is 2.34. The minimum absolute atomic E-state index is 0.0365. The van der Waals surface area contributed by atoms with Crippen LogP contribution in [0.4, 0.5) is 29.3 Å². The number of fused-ring (bicyclic) bond motifs is 1. The first-order chi connectivity index (χ1) is 14.9. The van der Waals surface area contributed by atoms with Crippen molar-refractivity contribution in [2.45, 2.75) is 25.4 Å². The van der Waals surface area contributed by atoms with Gasteiger partial charge in [0.25, 0.3) is 5.91 Å². The van der Waals surface area contributed by atoms with Crippen LogP contribution < -0.4 is 15.1 Å². The third-order valence-corrected chi connectivity index (χ3v) is 5.90. The molecule has 1 unspecified atom stereocenters. The number of hydrogen-bond donors (Lipinski definition) is 1. The third-order valence-electron chi connectivity index (χ3n) is 5.90. The molecule has 1 aromatic carbocycles. The number of carbonyl (C=O) groups is 2. The number of carbonyl (C=O) groups excluding carboxylic acids is 2. The molecule has 1 atom stereocenters. The van der Waals surface area contributed by atoms with Crippen LogP contribution in [-0.4, -0.2) is 86.9 Å². The van der Waals surface area contributed by atoms with E-state index in [1.807, 2.05) is 10.2 Å². The largest absolute Gasteiger partial charge is 0.442 e. The van der Waals surface area contributed by atoms with Crippen molar-refractivity contribution in [3.8, 4) is 0 Å². The summed E-state index contributed by atoms with van der Waals surface area (Å²) in [6, 6.07) is 4.59. The summed E-state index contributed by atoms with van der Waals surface area (Å²) in [5.74, 6) is -1.86. The number of nitrogens with one attached hydrogen (secondary N) is 1. The molecule has 170 valence electrons. The van der Waals surface area contributed by atoms with Crippen LogP contribution in [0.1, 0.15) is 12.8 Å². The van der Waals surface area contributed by atoms with Gasteiger partial charge in [-0.05, 0) is 31.0 Å². The van der Waals surface area contributed by atoms with E-state index >= 15 is 0 Å². The van der Waals surface area contributed by atoms with Crippen molar-refractivity contribution in [2.75, 3.05) is 62.2 Å². The number of benzene rings is 1. The van der Waals surface area contributed by atoms with Gasteiger partial charge in [0.2, 0.25) is 0 Å². The molecule has 31 heavy (non-hydrogen) atoms. The van der Waals surface area contributed by atoms with Gasteiger partial charge in [0.1, 0.15) is 11.9 Å². The minimum Gasteiger partial charge on any atom is -0.442 e. The van der Waals surface area contributed by atoms with Crippen LogP contribution in [0.2, 0.25) is 0 Å². The molecule has 3 aliphatic heterocycles. The van der Waals surface area contributed by atoms with E-state index in [9.17, 15) is 22.8 Å². The van der Waals surface area contributed by atoms with Crippen molar-refractivity contribution >= 4 is 23.4 Å². The molecule has 2 amide bonds. The maximum absolute atomic E-state index is 15.0. The second-order valence-corrected chi connectivity index (χ2v) is 7.90. The zero-order valence-electron chi connectivity index (χ0n) is 17.1. The Morgan fingerprint density at radius 3 is 2.39 bits per heavy atom. The smallest absolute Gasteiger partial charge is 0.414 e. The maximum Gasteiger partial charge on any atom is 0.414 e. The lowest BCUT2D eigenvalue weighted by atomic mass is 10.2. The molecule has 0 radical (unpaired) electrons. The normalized spacial score (nSPS) is 23.0. The number of ether oxygens (including phenoxy) is 1. The molecule has 3 saturated heterocycles. The van der Waals surface area contributed by atoms with Crippen molar-refractivity contribution in [3.05, 3.63) is 24.0 Å². The number of hydrogen-bond acceptors (Lipinski definition) is 6. The predicted octanol–water partition coefficient (Wildman–Crippen LogP) is 1.66. The average molecular weight is 441 g/mol. The standard InChI is InChI=1S/C20H26F3N5O3/c21-16-11-14(28-13-15(31-20(28)30)12-24-19(29)18(22)23)3-4-17(16)25-7-9-26-5-1-2-6-27(26)10-8-25/h3-4,11,15,18H,1-2,5-10,12-13H2,(H,24,29). The molecule has 8 nitrogen and oxygen atoms in total. The van der Waals surface area contributed by atoms with E-state index in [2.05, 4.69) is 10.0 Å². The monoisotopic (exact) mass is 441 g/mol. The molecule has 1 aromatic rings. The molecule has 3 fully saturated rings. The summed E-state index contributed by atoms with van der Waals surface area (Å²) >= 11 is 0. The minimum atomic E-state index is -3.13. The number of rotatable bonds is 5. The molecule has 4 rings (SSSR count). The summed E-state index contributed by atoms with van der Waals surface area (Å²) in [7, 11) is 0. The van der Waals surface area contributed by atoms with Crippen LogP contribution in [0, 0.1) is 5.82 Å². The fourth-order valence-electron chi connectivity index (χ4n) is 4.25. The Morgan fingerprint density at radius 2 is 1.77 bits per heavy atom. The van der Waals surface area contributed by atoms with E-state index in [1.54, 1.807) is 12.1 Å². The molecule has 3 aliphatic rings. The summed E-state index contributed by atoms with van der Waals surface area (Å²) in [6.45, 7) is 4.98. The Morgan fingerprint density at radius 1 is 1.10 bits per heavy atom. The Kier molecular flexibility index (Phi) is 6.51. The predicted molar refractivity (Wildman–Crippen MR) is 108 cm³/mol. The second kappa shape index (κ2) is 9.31. The van der Waals surface area contributed by atoms with Crippen LogP contribution in [-0.2, 0) is 9.53 Å². The molecule has 0 aromatic heterocycles. The van der Waals surface area contributed by atoms with E-state index < -0.39 is 30.3 Å². The van der Waals surface area contributed by atoms with E-state index in [-0.39, 0.29) is 13.1 Å². The lowest BCUT2D eigenvalue weighted by Gasteiger charge is -2.36. The Bertz CT molecular complexity index is 811. The highest BCUT2D eigenvalue weighted by Crippen LogP contribution is 2.29. The Labute approximate surface area is 178 Å². The molecule has 3 heterocycles. The zero-order chi connectivity index (χ0) is 22.0. The van der Waals surface area contributed by atoms with Gasteiger partial charge in [0, 0.05) is 39.3 Å². The van der Waals surface area contributed by atoms with E-state index in [4.69, 9.17) is 4.74 Å². The molecule has 0 bridgehead atoms. The quantitative estimate of drug-likeness (QED) is 0.750. The Hall–Kier alpha value is -2.53. The van der Waals surface area contributed by atoms with Crippen molar-refractivity contribution in [3.63, 3.8) is 0 Å². The molecule has 1 N–H and O–H groups in total. The fourth-order valence-corrected chi connectivity index (χ4v) is 4.25. The third kappa shape index (κ3) is 4.87. The molecule has 0 aliphatic carbocycles. The van der Waals surface area contributed by atoms with Gasteiger partial charge in [-0.3, -0.25) is 9.69 Å². The zero-order valence-corrected chi connectivity index (χ0v) is 17.1. The van der Waals surface area contributed by atoms with E-state index in [0.29, 0.717) is 24.5 Å². The summed E-state index contributed by atoms with van der Waals surface area (Å²) in [4.78, 5) is 26.4. The van der Waals surface area contributed by atoms with Gasteiger partial charge >= 0.3 is 12.5 Å². The van der Waals surface area contributed by atoms with Crippen molar-refractivity contribution in [2.24, 2.45) is 0 Å². The average Bonchev–Trinajstić information content (AvgIpc) is 2.99. The molecule has 0 spiro atoms. The summed E-state index contributed by atoms with van der Waals surface area (Å²) in [5, 5.41) is 6.70. The van der Waals surface area contributed by atoms with E-state index in [0.717, 1.165) is 26.2 Å². The topological polar surface area (TPSA) is 68.4 Å². The summed E-state index contributed by atoms with van der Waals surface area (Å²) < 4.78 is 44.6. The van der Waals surface area contributed by atoms with Gasteiger partial charge in [0.15, 0.2) is 0 Å². The molecular weight excluding hydrogens is 415 g/mol. The number of halogens is 3. The summed E-state index contributed by atoms with van der Waals surface area (Å²) in [5.41, 5.74) is 0.808. The number of alkyl halides is 2. The van der Waals surface area contributed by atoms with Gasteiger partial charge in [-0.1, -0.05) is 0 Å². The summed E-state index contributed by atoms with van der Waals surface area (Å²) in [6.07, 6.45) is -2.26. The van der Waals surface area contributed by atoms with Crippen LogP contribution in [0.3, 0.4) is 0 Å². The second-order valence-electron chi connectivity index (χ2n) is 7.90.